The number of nitrogens with zero attached hydrogens (tertiary/aromatic N) is 1. The van der Waals surface area contributed by atoms with Gasteiger partial charge in [0, 0.05) is 31.4 Å². The predicted octanol–water partition coefficient (Wildman–Crippen LogP) is 3.64. The van der Waals surface area contributed by atoms with Gasteiger partial charge in [0.05, 0.1) is 5.69 Å². The molecule has 2 aromatic carbocycles. The number of rotatable bonds is 5. The average Bonchev–Trinajstić information content (AvgIpc) is 3.00. The van der Waals surface area contributed by atoms with E-state index in [-0.39, 0.29) is 12.2 Å². The molecule has 1 aliphatic rings. The number of nitrogens with one attached hydrogen (secondary N) is 2. The zero-order valence-electron chi connectivity index (χ0n) is 16.2. The zero-order chi connectivity index (χ0) is 20.6. The van der Waals surface area contributed by atoms with Crippen LogP contribution >= 0.6 is 0 Å². The van der Waals surface area contributed by atoms with Crippen LogP contribution in [0, 0.1) is 11.6 Å². The standard InChI is InChI=1S/C22H25F2N3O2/c23-17-7-10-19(24)20(15-17)26-22(29)21(28)25-12-11-16-5-8-18(9-6-16)27-13-3-1-2-4-14-27/h5-10,15H,1-4,11-14H2,(H,25,28)(H,26,29). The molecule has 154 valence electrons. The molecule has 0 unspecified atom stereocenters. The highest BCUT2D eigenvalue weighted by Crippen LogP contribution is 2.20. The Morgan fingerprint density at radius 3 is 2.28 bits per heavy atom. The molecule has 29 heavy (non-hydrogen) atoms. The van der Waals surface area contributed by atoms with Crippen LogP contribution in [0.2, 0.25) is 0 Å². The third-order valence-corrected chi connectivity index (χ3v) is 4.99. The van der Waals surface area contributed by atoms with Crippen LogP contribution in [0.25, 0.3) is 0 Å². The molecule has 0 radical (unpaired) electrons. The summed E-state index contributed by atoms with van der Waals surface area (Å²) in [7, 11) is 0. The van der Waals surface area contributed by atoms with Crippen LogP contribution < -0.4 is 15.5 Å². The van der Waals surface area contributed by atoms with Gasteiger partial charge in [-0.3, -0.25) is 9.59 Å². The zero-order valence-corrected chi connectivity index (χ0v) is 16.2. The van der Waals surface area contributed by atoms with Gasteiger partial charge in [-0.2, -0.15) is 0 Å². The summed E-state index contributed by atoms with van der Waals surface area (Å²) in [6, 6.07) is 10.9. The molecule has 5 nitrogen and oxygen atoms in total. The molecule has 7 heteroatoms. The van der Waals surface area contributed by atoms with Gasteiger partial charge < -0.3 is 15.5 Å². The van der Waals surface area contributed by atoms with Gasteiger partial charge in [-0.15, -0.1) is 0 Å². The maximum atomic E-state index is 13.5. The molecule has 3 rings (SSSR count). The van der Waals surface area contributed by atoms with Crippen LogP contribution in [0.15, 0.2) is 42.5 Å². The summed E-state index contributed by atoms with van der Waals surface area (Å²) in [5, 5.41) is 4.57. The van der Waals surface area contributed by atoms with Gasteiger partial charge in [0.15, 0.2) is 0 Å². The van der Waals surface area contributed by atoms with Crippen molar-refractivity contribution in [2.24, 2.45) is 0 Å². The van der Waals surface area contributed by atoms with Crippen LogP contribution in [0.1, 0.15) is 31.2 Å². The van der Waals surface area contributed by atoms with Crippen molar-refractivity contribution >= 4 is 23.2 Å². The van der Waals surface area contributed by atoms with Gasteiger partial charge >= 0.3 is 11.8 Å². The van der Waals surface area contributed by atoms with Crippen molar-refractivity contribution in [2.45, 2.75) is 32.1 Å². The summed E-state index contributed by atoms with van der Waals surface area (Å²) >= 11 is 0. The minimum absolute atomic E-state index is 0.265. The molecule has 2 amide bonds. The summed E-state index contributed by atoms with van der Waals surface area (Å²) in [4.78, 5) is 26.1. The van der Waals surface area contributed by atoms with E-state index in [9.17, 15) is 18.4 Å². The smallest absolute Gasteiger partial charge is 0.313 e. The van der Waals surface area contributed by atoms with E-state index in [0.29, 0.717) is 6.42 Å². The number of hydrogen-bond donors (Lipinski definition) is 2. The van der Waals surface area contributed by atoms with Gasteiger partial charge in [-0.1, -0.05) is 25.0 Å². The fourth-order valence-corrected chi connectivity index (χ4v) is 3.38. The average molecular weight is 401 g/mol. The Morgan fingerprint density at radius 1 is 0.897 bits per heavy atom. The Hall–Kier alpha value is -2.96. The van der Waals surface area contributed by atoms with E-state index >= 15 is 0 Å². The number of benzene rings is 2. The highest BCUT2D eigenvalue weighted by molar-refractivity contribution is 6.39. The fourth-order valence-electron chi connectivity index (χ4n) is 3.38. The summed E-state index contributed by atoms with van der Waals surface area (Å²) < 4.78 is 26.7. The van der Waals surface area contributed by atoms with E-state index in [1.807, 2.05) is 12.1 Å². The molecule has 1 fully saturated rings. The molecule has 1 saturated heterocycles. The van der Waals surface area contributed by atoms with Crippen molar-refractivity contribution in [1.29, 1.82) is 0 Å². The van der Waals surface area contributed by atoms with Gasteiger partial charge in [-0.25, -0.2) is 8.78 Å². The quantitative estimate of drug-likeness (QED) is 0.752. The number of amides is 2. The van der Waals surface area contributed by atoms with Gasteiger partial charge in [-0.05, 0) is 49.1 Å². The Kier molecular flexibility index (Phi) is 7.16. The molecular formula is C22H25F2N3O2. The second-order valence-electron chi connectivity index (χ2n) is 7.15. The topological polar surface area (TPSA) is 61.4 Å². The Balaban J connectivity index is 1.45. The maximum Gasteiger partial charge on any atom is 0.313 e. The van der Waals surface area contributed by atoms with Crippen molar-refractivity contribution in [3.63, 3.8) is 0 Å². The third-order valence-electron chi connectivity index (χ3n) is 4.99. The van der Waals surface area contributed by atoms with E-state index in [2.05, 4.69) is 27.7 Å². The molecule has 1 heterocycles. The Bertz CT molecular complexity index is 848. The van der Waals surface area contributed by atoms with Crippen molar-refractivity contribution in [3.05, 3.63) is 59.7 Å². The normalized spacial score (nSPS) is 14.2. The molecule has 2 aromatic rings. The predicted molar refractivity (Wildman–Crippen MR) is 109 cm³/mol. The number of hydrogen-bond acceptors (Lipinski definition) is 3. The van der Waals surface area contributed by atoms with Crippen LogP contribution in [0.4, 0.5) is 20.2 Å². The van der Waals surface area contributed by atoms with E-state index < -0.39 is 23.4 Å². The molecule has 0 bridgehead atoms. The SMILES string of the molecule is O=C(NCCc1ccc(N2CCCCCC2)cc1)C(=O)Nc1cc(F)ccc1F. The van der Waals surface area contributed by atoms with Crippen LogP contribution in [-0.4, -0.2) is 31.4 Å². The van der Waals surface area contributed by atoms with Crippen LogP contribution in [0.3, 0.4) is 0 Å². The first-order valence-corrected chi connectivity index (χ1v) is 9.91. The third kappa shape index (κ3) is 6.01. The number of halogens is 2. The molecule has 1 aliphatic heterocycles. The molecule has 0 saturated carbocycles. The fraction of sp³-hybridized carbons (Fsp3) is 0.364. The molecule has 2 N–H and O–H groups in total. The lowest BCUT2D eigenvalue weighted by atomic mass is 10.1. The minimum atomic E-state index is -1.04. The van der Waals surface area contributed by atoms with Gasteiger partial charge in [0.1, 0.15) is 11.6 Å². The van der Waals surface area contributed by atoms with Gasteiger partial charge in [0.2, 0.25) is 0 Å². The largest absolute Gasteiger partial charge is 0.372 e. The second kappa shape index (κ2) is 10.0. The first kappa shape index (κ1) is 20.8. The molecule has 0 aliphatic carbocycles. The number of carbonyl (C=O) groups excluding carboxylic acids is 2. The van der Waals surface area contributed by atoms with E-state index in [1.165, 1.54) is 31.4 Å². The first-order chi connectivity index (χ1) is 14.0. The Morgan fingerprint density at radius 2 is 1.59 bits per heavy atom. The van der Waals surface area contributed by atoms with Crippen molar-refractivity contribution in [1.82, 2.24) is 5.32 Å². The summed E-state index contributed by atoms with van der Waals surface area (Å²) in [6.07, 6.45) is 5.57. The molecule has 0 aromatic heterocycles. The highest BCUT2D eigenvalue weighted by Gasteiger charge is 2.16. The van der Waals surface area contributed by atoms with Crippen LogP contribution in [-0.2, 0) is 16.0 Å². The lowest BCUT2D eigenvalue weighted by molar-refractivity contribution is -0.136. The van der Waals surface area contributed by atoms with Crippen molar-refractivity contribution in [3.8, 4) is 0 Å². The first-order valence-electron chi connectivity index (χ1n) is 9.91. The van der Waals surface area contributed by atoms with E-state index in [4.69, 9.17) is 0 Å². The monoisotopic (exact) mass is 401 g/mol. The van der Waals surface area contributed by atoms with Gasteiger partial charge in [0.25, 0.3) is 0 Å². The summed E-state index contributed by atoms with van der Waals surface area (Å²) in [5.74, 6) is -3.44. The second-order valence-corrected chi connectivity index (χ2v) is 7.15. The van der Waals surface area contributed by atoms with E-state index in [0.717, 1.165) is 36.9 Å². The van der Waals surface area contributed by atoms with Crippen LogP contribution in [0.5, 0.6) is 0 Å². The van der Waals surface area contributed by atoms with E-state index in [1.54, 1.807) is 0 Å². The van der Waals surface area contributed by atoms with Crippen molar-refractivity contribution in [2.75, 3.05) is 29.9 Å². The Labute approximate surface area is 169 Å². The molecule has 0 spiro atoms. The summed E-state index contributed by atoms with van der Waals surface area (Å²) in [6.45, 7) is 2.42. The lowest BCUT2D eigenvalue weighted by Gasteiger charge is -2.22. The molecule has 0 atom stereocenters. The highest BCUT2D eigenvalue weighted by atomic mass is 19.1. The minimum Gasteiger partial charge on any atom is -0.372 e. The van der Waals surface area contributed by atoms with Crippen molar-refractivity contribution < 1.29 is 18.4 Å². The maximum absolute atomic E-state index is 13.5. The molecular weight excluding hydrogens is 376 g/mol. The lowest BCUT2D eigenvalue weighted by Crippen LogP contribution is -2.36. The summed E-state index contributed by atoms with van der Waals surface area (Å²) in [5.41, 5.74) is 1.88. The number of anilines is 2. The number of carbonyl (C=O) groups is 2.